The molecule has 1 aromatic heterocycles. The van der Waals surface area contributed by atoms with Crippen molar-refractivity contribution in [2.75, 3.05) is 7.11 Å². The summed E-state index contributed by atoms with van der Waals surface area (Å²) >= 11 is 0. The monoisotopic (exact) mass is 309 g/mol. The number of carbonyl (C=O) groups excluding carboxylic acids is 1. The van der Waals surface area contributed by atoms with Gasteiger partial charge in [0.05, 0.1) is 13.7 Å². The molecule has 3 aromatic rings. The van der Waals surface area contributed by atoms with E-state index in [9.17, 15) is 9.90 Å². The van der Waals surface area contributed by atoms with Crippen LogP contribution in [0.4, 0.5) is 0 Å². The molecule has 116 valence electrons. The molecule has 0 atom stereocenters. The topological polar surface area (TPSA) is 68.7 Å². The van der Waals surface area contributed by atoms with E-state index in [2.05, 4.69) is 4.98 Å². The van der Waals surface area contributed by atoms with Gasteiger partial charge in [-0.1, -0.05) is 30.3 Å². The fourth-order valence-corrected chi connectivity index (χ4v) is 2.41. The van der Waals surface area contributed by atoms with E-state index in [0.29, 0.717) is 27.8 Å². The lowest BCUT2D eigenvalue weighted by molar-refractivity contribution is 0.0590. The second-order valence-electron chi connectivity index (χ2n) is 4.87. The minimum absolute atomic E-state index is 0.111. The number of carbonyl (C=O) groups is 1. The molecule has 3 rings (SSSR count). The Balaban J connectivity index is 2.13. The van der Waals surface area contributed by atoms with Crippen molar-refractivity contribution in [3.63, 3.8) is 0 Å². The number of aromatic nitrogens is 1. The molecule has 1 heterocycles. The predicted octanol–water partition coefficient (Wildman–Crippen LogP) is 3.31. The van der Waals surface area contributed by atoms with Crippen molar-refractivity contribution in [1.82, 2.24) is 4.98 Å². The summed E-state index contributed by atoms with van der Waals surface area (Å²) in [5.41, 5.74) is 0.534. The first-order valence-electron chi connectivity index (χ1n) is 7.07. The minimum atomic E-state index is -0.578. The Labute approximate surface area is 133 Å². The highest BCUT2D eigenvalue weighted by Gasteiger charge is 2.17. The number of methoxy groups -OCH3 is 1. The van der Waals surface area contributed by atoms with E-state index in [1.54, 1.807) is 12.3 Å². The lowest BCUT2D eigenvalue weighted by atomic mass is 10.0. The molecule has 0 fully saturated rings. The Bertz CT molecular complexity index is 846. The maximum absolute atomic E-state index is 11.8. The molecule has 5 heteroatoms. The number of esters is 1. The largest absolute Gasteiger partial charge is 0.464 e. The molecule has 0 radical (unpaired) electrons. The van der Waals surface area contributed by atoms with Crippen LogP contribution in [0, 0.1) is 0 Å². The zero-order chi connectivity index (χ0) is 16.2. The number of fused-ring (bicyclic) bond motifs is 1. The van der Waals surface area contributed by atoms with Gasteiger partial charge in [-0.3, -0.25) is 0 Å². The van der Waals surface area contributed by atoms with Gasteiger partial charge in [0, 0.05) is 17.1 Å². The highest BCUT2D eigenvalue weighted by molar-refractivity contribution is 5.98. The summed E-state index contributed by atoms with van der Waals surface area (Å²) in [4.78, 5) is 15.9. The lowest BCUT2D eigenvalue weighted by Gasteiger charge is -2.12. The van der Waals surface area contributed by atoms with Crippen molar-refractivity contribution in [2.24, 2.45) is 0 Å². The molecule has 2 aromatic carbocycles. The van der Waals surface area contributed by atoms with Gasteiger partial charge in [-0.15, -0.1) is 0 Å². The molecule has 0 amide bonds. The molecule has 0 aliphatic rings. The van der Waals surface area contributed by atoms with Gasteiger partial charge in [0.15, 0.2) is 5.69 Å². The third kappa shape index (κ3) is 2.86. The third-order valence-electron chi connectivity index (χ3n) is 3.51. The first-order chi connectivity index (χ1) is 11.2. The molecule has 23 heavy (non-hydrogen) atoms. The summed E-state index contributed by atoms with van der Waals surface area (Å²) in [6.07, 6.45) is 1.55. The summed E-state index contributed by atoms with van der Waals surface area (Å²) < 4.78 is 10.6. The van der Waals surface area contributed by atoms with Gasteiger partial charge in [-0.05, 0) is 23.6 Å². The number of hydrogen-bond donors (Lipinski definition) is 1. The second kappa shape index (κ2) is 6.46. The molecular formula is C18H15NO4. The van der Waals surface area contributed by atoms with E-state index in [4.69, 9.17) is 9.47 Å². The maximum atomic E-state index is 11.8. The van der Waals surface area contributed by atoms with Crippen molar-refractivity contribution in [1.29, 1.82) is 0 Å². The van der Waals surface area contributed by atoms with Gasteiger partial charge in [0.2, 0.25) is 0 Å². The quantitative estimate of drug-likeness (QED) is 0.749. The molecule has 0 aliphatic carbocycles. The minimum Gasteiger partial charge on any atom is -0.464 e. The van der Waals surface area contributed by atoms with Crippen LogP contribution >= 0.6 is 0 Å². The Morgan fingerprint density at radius 2 is 1.87 bits per heavy atom. The summed E-state index contributed by atoms with van der Waals surface area (Å²) in [5, 5.41) is 11.1. The SMILES string of the molecule is COC(=O)c1ncc2c(Oc3ccccc3)cccc2c1CO. The fourth-order valence-electron chi connectivity index (χ4n) is 2.41. The van der Waals surface area contributed by atoms with Crippen LogP contribution in [0.2, 0.25) is 0 Å². The lowest BCUT2D eigenvalue weighted by Crippen LogP contribution is -2.09. The number of aliphatic hydroxyl groups excluding tert-OH is 1. The van der Waals surface area contributed by atoms with E-state index in [1.807, 2.05) is 42.5 Å². The first kappa shape index (κ1) is 15.0. The van der Waals surface area contributed by atoms with E-state index in [0.717, 1.165) is 0 Å². The van der Waals surface area contributed by atoms with E-state index in [1.165, 1.54) is 7.11 Å². The summed E-state index contributed by atoms with van der Waals surface area (Å²) in [6, 6.07) is 14.8. The second-order valence-corrected chi connectivity index (χ2v) is 4.87. The Morgan fingerprint density at radius 1 is 1.09 bits per heavy atom. The van der Waals surface area contributed by atoms with Crippen molar-refractivity contribution in [2.45, 2.75) is 6.61 Å². The normalized spacial score (nSPS) is 10.5. The summed E-state index contributed by atoms with van der Waals surface area (Å²) in [7, 11) is 1.28. The number of para-hydroxylation sites is 1. The average Bonchev–Trinajstić information content (AvgIpc) is 2.61. The third-order valence-corrected chi connectivity index (χ3v) is 3.51. The predicted molar refractivity (Wildman–Crippen MR) is 85.5 cm³/mol. The highest BCUT2D eigenvalue weighted by Crippen LogP contribution is 2.32. The van der Waals surface area contributed by atoms with Gasteiger partial charge in [0.1, 0.15) is 11.5 Å². The molecule has 1 N–H and O–H groups in total. The molecule has 0 bridgehead atoms. The number of aliphatic hydroxyl groups is 1. The Hall–Kier alpha value is -2.92. The fraction of sp³-hybridized carbons (Fsp3) is 0.111. The van der Waals surface area contributed by atoms with Crippen LogP contribution in [0.1, 0.15) is 16.1 Å². The standard InChI is InChI=1S/C18H15NO4/c1-22-18(21)17-15(11-20)13-8-5-9-16(14(13)10-19-17)23-12-6-3-2-4-7-12/h2-10,20H,11H2,1H3. The van der Waals surface area contributed by atoms with E-state index in [-0.39, 0.29) is 12.3 Å². The molecular weight excluding hydrogens is 294 g/mol. The van der Waals surface area contributed by atoms with Gasteiger partial charge in [-0.2, -0.15) is 0 Å². The van der Waals surface area contributed by atoms with E-state index < -0.39 is 5.97 Å². The zero-order valence-corrected chi connectivity index (χ0v) is 12.5. The number of pyridine rings is 1. The zero-order valence-electron chi connectivity index (χ0n) is 12.5. The van der Waals surface area contributed by atoms with Gasteiger partial charge >= 0.3 is 5.97 Å². The van der Waals surface area contributed by atoms with Crippen LogP contribution in [0.25, 0.3) is 10.8 Å². The number of hydrogen-bond acceptors (Lipinski definition) is 5. The smallest absolute Gasteiger partial charge is 0.357 e. The Morgan fingerprint density at radius 3 is 2.57 bits per heavy atom. The average molecular weight is 309 g/mol. The molecule has 0 spiro atoms. The summed E-state index contributed by atoms with van der Waals surface area (Å²) in [5.74, 6) is 0.722. The number of benzene rings is 2. The van der Waals surface area contributed by atoms with Crippen molar-refractivity contribution in [3.05, 3.63) is 66.0 Å². The number of nitrogens with zero attached hydrogens (tertiary/aromatic N) is 1. The van der Waals surface area contributed by atoms with Gasteiger partial charge in [0.25, 0.3) is 0 Å². The van der Waals surface area contributed by atoms with Crippen LogP contribution in [0.3, 0.4) is 0 Å². The van der Waals surface area contributed by atoms with Crippen LogP contribution in [0.15, 0.2) is 54.7 Å². The van der Waals surface area contributed by atoms with E-state index >= 15 is 0 Å². The summed E-state index contributed by atoms with van der Waals surface area (Å²) in [6.45, 7) is -0.316. The van der Waals surface area contributed by atoms with Crippen molar-refractivity contribution >= 4 is 16.7 Å². The van der Waals surface area contributed by atoms with Crippen LogP contribution in [-0.4, -0.2) is 23.2 Å². The van der Waals surface area contributed by atoms with Crippen molar-refractivity contribution < 1.29 is 19.4 Å². The van der Waals surface area contributed by atoms with Crippen molar-refractivity contribution in [3.8, 4) is 11.5 Å². The molecule has 0 unspecified atom stereocenters. The van der Waals surface area contributed by atoms with Gasteiger partial charge in [-0.25, -0.2) is 9.78 Å². The van der Waals surface area contributed by atoms with Crippen LogP contribution < -0.4 is 4.74 Å². The molecule has 0 aliphatic heterocycles. The van der Waals surface area contributed by atoms with Crippen LogP contribution in [0.5, 0.6) is 11.5 Å². The Kier molecular flexibility index (Phi) is 4.21. The molecule has 0 saturated heterocycles. The van der Waals surface area contributed by atoms with Crippen LogP contribution in [-0.2, 0) is 11.3 Å². The van der Waals surface area contributed by atoms with Gasteiger partial charge < -0.3 is 14.6 Å². The first-order valence-corrected chi connectivity index (χ1v) is 7.07. The molecule has 5 nitrogen and oxygen atoms in total. The number of rotatable bonds is 4. The maximum Gasteiger partial charge on any atom is 0.357 e. The highest BCUT2D eigenvalue weighted by atomic mass is 16.5. The number of ether oxygens (including phenoxy) is 2. The molecule has 0 saturated carbocycles.